The van der Waals surface area contributed by atoms with Gasteiger partial charge in [0.25, 0.3) is 0 Å². The van der Waals surface area contributed by atoms with Gasteiger partial charge in [0, 0.05) is 0 Å². The number of hydrogen-bond donors (Lipinski definition) is 3. The molecule has 0 amide bonds. The Bertz CT molecular complexity index is 386. The van der Waals surface area contributed by atoms with Crippen LogP contribution in [0, 0.1) is 5.92 Å². The van der Waals surface area contributed by atoms with Gasteiger partial charge in [0.2, 0.25) is 0 Å². The monoisotopic (exact) mass is 274 g/mol. The van der Waals surface area contributed by atoms with Gasteiger partial charge in [-0.1, -0.05) is 6.08 Å². The van der Waals surface area contributed by atoms with Crippen LogP contribution in [0.4, 0.5) is 0 Å². The highest BCUT2D eigenvalue weighted by atomic mass is 16.6. The van der Waals surface area contributed by atoms with Crippen LogP contribution < -0.4 is 0 Å². The number of cyclic esters (lactones) is 2. The van der Waals surface area contributed by atoms with Crippen LogP contribution in [-0.4, -0.2) is 45.3 Å². The summed E-state index contributed by atoms with van der Waals surface area (Å²) in [6, 6.07) is 0. The number of aliphatic hydroxyl groups is 1. The normalized spacial score (nSPS) is 18.9. The first-order chi connectivity index (χ1) is 8.77. The molecular weight excluding hydrogens is 260 g/mol. The zero-order valence-electron chi connectivity index (χ0n) is 9.94. The Kier molecular flexibility index (Phi) is 7.05. The molecule has 0 aromatic rings. The fourth-order valence-electron chi connectivity index (χ4n) is 1.15. The molecule has 3 N–H and O–H groups in total. The molecule has 0 spiro atoms. The van der Waals surface area contributed by atoms with E-state index >= 15 is 0 Å². The number of carboxylic acid groups (broad SMARTS) is 2. The van der Waals surface area contributed by atoms with Gasteiger partial charge in [-0.15, -0.1) is 6.58 Å². The van der Waals surface area contributed by atoms with E-state index in [1.54, 1.807) is 0 Å². The second kappa shape index (κ2) is 7.98. The maximum Gasteiger partial charge on any atom is 0.343 e. The average Bonchev–Trinajstić information content (AvgIpc) is 2.55. The molecule has 1 saturated heterocycles. The van der Waals surface area contributed by atoms with Crippen LogP contribution >= 0.6 is 0 Å². The average molecular weight is 274 g/mol. The third kappa shape index (κ3) is 6.94. The summed E-state index contributed by atoms with van der Waals surface area (Å²) in [7, 11) is 0. The Morgan fingerprint density at radius 2 is 2.00 bits per heavy atom. The molecule has 2 unspecified atom stereocenters. The zero-order valence-corrected chi connectivity index (χ0v) is 9.94. The van der Waals surface area contributed by atoms with E-state index in [4.69, 9.17) is 15.3 Å². The standard InChI is InChI=1S/C7H10O4.C4H4O4/c1-2-3-5(7(10)11)4-6(8)9;5-2-1-3(6)8-4(2)7/h2,5H,1,3-4H2,(H,8,9)(H,10,11);2,5H,1H2. The Hall–Kier alpha value is -2.22. The van der Waals surface area contributed by atoms with E-state index in [0.29, 0.717) is 0 Å². The third-order valence-corrected chi connectivity index (χ3v) is 2.07. The molecule has 0 aromatic carbocycles. The van der Waals surface area contributed by atoms with Crippen molar-refractivity contribution in [1.29, 1.82) is 0 Å². The smallest absolute Gasteiger partial charge is 0.343 e. The summed E-state index contributed by atoms with van der Waals surface area (Å²) >= 11 is 0. The minimum atomic E-state index is -1.22. The summed E-state index contributed by atoms with van der Waals surface area (Å²) in [4.78, 5) is 40.6. The zero-order chi connectivity index (χ0) is 15.0. The predicted molar refractivity (Wildman–Crippen MR) is 59.9 cm³/mol. The van der Waals surface area contributed by atoms with E-state index in [1.165, 1.54) is 6.08 Å². The topological polar surface area (TPSA) is 138 Å². The van der Waals surface area contributed by atoms with Crippen molar-refractivity contribution in [2.75, 3.05) is 0 Å². The van der Waals surface area contributed by atoms with Crippen molar-refractivity contribution in [2.24, 2.45) is 5.92 Å². The van der Waals surface area contributed by atoms with Crippen LogP contribution in [0.1, 0.15) is 19.3 Å². The number of allylic oxidation sites excluding steroid dienone is 1. The van der Waals surface area contributed by atoms with Crippen molar-refractivity contribution in [3.8, 4) is 0 Å². The Morgan fingerprint density at radius 1 is 1.42 bits per heavy atom. The first-order valence-corrected chi connectivity index (χ1v) is 5.26. The van der Waals surface area contributed by atoms with E-state index in [9.17, 15) is 19.2 Å². The third-order valence-electron chi connectivity index (χ3n) is 2.07. The van der Waals surface area contributed by atoms with Crippen molar-refractivity contribution in [3.63, 3.8) is 0 Å². The van der Waals surface area contributed by atoms with Gasteiger partial charge in [-0.25, -0.2) is 4.79 Å². The summed E-state index contributed by atoms with van der Waals surface area (Å²) in [6.07, 6.45) is -0.161. The Balaban J connectivity index is 0.000000356. The Morgan fingerprint density at radius 3 is 2.21 bits per heavy atom. The number of aliphatic carboxylic acids is 2. The van der Waals surface area contributed by atoms with Crippen molar-refractivity contribution < 1.29 is 39.2 Å². The molecule has 0 aromatic heterocycles. The minimum Gasteiger partial charge on any atom is -0.481 e. The summed E-state index contributed by atoms with van der Waals surface area (Å²) < 4.78 is 3.95. The summed E-state index contributed by atoms with van der Waals surface area (Å²) in [5.74, 6) is -4.52. The van der Waals surface area contributed by atoms with Crippen LogP contribution in [0.15, 0.2) is 12.7 Å². The number of carboxylic acids is 2. The summed E-state index contributed by atoms with van der Waals surface area (Å²) in [6.45, 7) is 3.33. The van der Waals surface area contributed by atoms with Crippen LogP contribution in [0.3, 0.4) is 0 Å². The van der Waals surface area contributed by atoms with Gasteiger partial charge in [0.1, 0.15) is 0 Å². The van der Waals surface area contributed by atoms with E-state index in [-0.39, 0.29) is 19.3 Å². The second-order valence-corrected chi connectivity index (χ2v) is 3.67. The molecule has 1 aliphatic rings. The SMILES string of the molecule is C=CCC(CC(=O)O)C(=O)O.O=C1CC(O)C(=O)O1. The van der Waals surface area contributed by atoms with Crippen LogP contribution in [-0.2, 0) is 23.9 Å². The number of carbonyl (C=O) groups excluding carboxylic acids is 2. The van der Waals surface area contributed by atoms with Gasteiger partial charge in [-0.3, -0.25) is 14.4 Å². The minimum absolute atomic E-state index is 0.196. The van der Waals surface area contributed by atoms with E-state index < -0.39 is 35.9 Å². The lowest BCUT2D eigenvalue weighted by molar-refractivity contribution is -0.154. The molecule has 1 aliphatic heterocycles. The van der Waals surface area contributed by atoms with Gasteiger partial charge in [0.15, 0.2) is 6.10 Å². The molecule has 0 saturated carbocycles. The maximum atomic E-state index is 10.3. The highest BCUT2D eigenvalue weighted by molar-refractivity contribution is 5.95. The molecule has 2 atom stereocenters. The molecule has 1 fully saturated rings. The molecule has 19 heavy (non-hydrogen) atoms. The van der Waals surface area contributed by atoms with Crippen molar-refractivity contribution in [3.05, 3.63) is 12.7 Å². The lowest BCUT2D eigenvalue weighted by Crippen LogP contribution is -2.16. The molecule has 1 rings (SSSR count). The lowest BCUT2D eigenvalue weighted by Gasteiger charge is -2.04. The van der Waals surface area contributed by atoms with Gasteiger partial charge in [-0.2, -0.15) is 0 Å². The maximum absolute atomic E-state index is 10.3. The number of esters is 2. The molecule has 8 nitrogen and oxygen atoms in total. The first-order valence-electron chi connectivity index (χ1n) is 5.26. The first kappa shape index (κ1) is 16.8. The van der Waals surface area contributed by atoms with Gasteiger partial charge in [0.05, 0.1) is 18.8 Å². The molecule has 0 aliphatic carbocycles. The predicted octanol–water partition coefficient (Wildman–Crippen LogP) is -0.441. The van der Waals surface area contributed by atoms with Crippen LogP contribution in [0.25, 0.3) is 0 Å². The van der Waals surface area contributed by atoms with Crippen LogP contribution in [0.2, 0.25) is 0 Å². The number of carbonyl (C=O) groups is 4. The molecule has 8 heteroatoms. The quantitative estimate of drug-likeness (QED) is 0.348. The van der Waals surface area contributed by atoms with E-state index in [1.807, 2.05) is 0 Å². The highest BCUT2D eigenvalue weighted by Crippen LogP contribution is 2.08. The summed E-state index contributed by atoms with van der Waals surface area (Å²) in [5, 5.41) is 25.2. The second-order valence-electron chi connectivity index (χ2n) is 3.67. The Labute approximate surface area is 108 Å². The molecule has 0 bridgehead atoms. The molecule has 106 valence electrons. The number of ether oxygens (including phenoxy) is 1. The van der Waals surface area contributed by atoms with Gasteiger partial charge in [-0.05, 0) is 6.42 Å². The van der Waals surface area contributed by atoms with Crippen molar-refractivity contribution in [2.45, 2.75) is 25.4 Å². The fourth-order valence-corrected chi connectivity index (χ4v) is 1.15. The van der Waals surface area contributed by atoms with Crippen molar-refractivity contribution in [1.82, 2.24) is 0 Å². The number of aliphatic hydroxyl groups excluding tert-OH is 1. The van der Waals surface area contributed by atoms with Crippen molar-refractivity contribution >= 4 is 23.9 Å². The molecule has 1 heterocycles. The highest BCUT2D eigenvalue weighted by Gasteiger charge is 2.30. The number of hydrogen-bond acceptors (Lipinski definition) is 6. The lowest BCUT2D eigenvalue weighted by atomic mass is 10.0. The van der Waals surface area contributed by atoms with Crippen LogP contribution in [0.5, 0.6) is 0 Å². The van der Waals surface area contributed by atoms with E-state index in [2.05, 4.69) is 11.3 Å². The summed E-state index contributed by atoms with van der Waals surface area (Å²) in [5.41, 5.74) is 0. The molecule has 0 radical (unpaired) electrons. The van der Waals surface area contributed by atoms with Gasteiger partial charge >= 0.3 is 23.9 Å². The fraction of sp³-hybridized carbons (Fsp3) is 0.455. The largest absolute Gasteiger partial charge is 0.481 e. The van der Waals surface area contributed by atoms with E-state index in [0.717, 1.165) is 0 Å². The van der Waals surface area contributed by atoms with Gasteiger partial charge < -0.3 is 20.1 Å². The molecular formula is C11H14O8. The number of rotatable bonds is 5.